The zero-order valence-electron chi connectivity index (χ0n) is 15.3. The van der Waals surface area contributed by atoms with Gasteiger partial charge in [0.05, 0.1) is 17.6 Å². The van der Waals surface area contributed by atoms with E-state index in [-0.39, 0.29) is 12.5 Å². The van der Waals surface area contributed by atoms with Crippen molar-refractivity contribution in [3.63, 3.8) is 0 Å². The molecule has 2 fully saturated rings. The fraction of sp³-hybridized carbons (Fsp3) is 0.684. The van der Waals surface area contributed by atoms with Crippen molar-refractivity contribution in [2.45, 2.75) is 50.6 Å². The predicted octanol–water partition coefficient (Wildman–Crippen LogP) is 0.304. The highest BCUT2D eigenvalue weighted by Gasteiger charge is 2.73. The molecule has 0 spiro atoms. The number of fused-ring (bicyclic) bond motifs is 2. The van der Waals surface area contributed by atoms with Crippen LogP contribution in [0.3, 0.4) is 0 Å². The number of alkyl halides is 1. The Labute approximate surface area is 161 Å². The van der Waals surface area contributed by atoms with Crippen LogP contribution in [0.1, 0.15) is 20.8 Å². The lowest BCUT2D eigenvalue weighted by atomic mass is 9.47. The lowest BCUT2D eigenvalue weighted by molar-refractivity contribution is -0.168. The van der Waals surface area contributed by atoms with Crippen molar-refractivity contribution in [3.05, 3.63) is 23.3 Å². The number of carbonyl (C=O) groups is 2. The second kappa shape index (κ2) is 5.80. The fourth-order valence-corrected chi connectivity index (χ4v) is 5.86. The molecule has 1 saturated carbocycles. The van der Waals surface area contributed by atoms with Gasteiger partial charge >= 0.3 is 11.9 Å². The molecule has 4 rings (SSSR count). The van der Waals surface area contributed by atoms with Gasteiger partial charge in [0.2, 0.25) is 0 Å². The van der Waals surface area contributed by atoms with Gasteiger partial charge in [-0.2, -0.15) is 0 Å². The fourth-order valence-electron chi connectivity index (χ4n) is 5.47. The van der Waals surface area contributed by atoms with Crippen molar-refractivity contribution in [1.82, 2.24) is 0 Å². The quantitative estimate of drug-likeness (QED) is 0.453. The molecule has 9 atom stereocenters. The molecule has 3 N–H and O–H groups in total. The monoisotopic (exact) mass is 398 g/mol. The number of rotatable bonds is 2. The van der Waals surface area contributed by atoms with Gasteiger partial charge in [0.1, 0.15) is 17.6 Å². The van der Waals surface area contributed by atoms with Crippen LogP contribution in [0, 0.1) is 22.7 Å². The van der Waals surface area contributed by atoms with Crippen LogP contribution in [0.5, 0.6) is 0 Å². The first-order chi connectivity index (χ1) is 12.6. The van der Waals surface area contributed by atoms with E-state index in [0.717, 1.165) is 0 Å². The topological polar surface area (TPSA) is 113 Å². The summed E-state index contributed by atoms with van der Waals surface area (Å²) in [6.07, 6.45) is -1.07. The van der Waals surface area contributed by atoms with E-state index in [1.54, 1.807) is 26.8 Å². The van der Waals surface area contributed by atoms with E-state index in [9.17, 15) is 24.9 Å². The summed E-state index contributed by atoms with van der Waals surface area (Å²) in [5, 5.41) is 29.9. The number of ether oxygens (including phenoxy) is 2. The minimum Gasteiger partial charge on any atom is -0.457 e. The number of hydrogen-bond donors (Lipinski definition) is 3. The summed E-state index contributed by atoms with van der Waals surface area (Å²) in [6, 6.07) is 0. The predicted molar refractivity (Wildman–Crippen MR) is 93.5 cm³/mol. The third kappa shape index (κ3) is 2.14. The SMILES string of the molecule is CC(CO)C1OC(=O)C=C2C1=CC1OC(=O)C3(C)C(O)C(O)C(Cl)C2(C)C13. The smallest absolute Gasteiger partial charge is 0.331 e. The number of halogens is 1. The summed E-state index contributed by atoms with van der Waals surface area (Å²) in [6.45, 7) is 4.91. The first-order valence-electron chi connectivity index (χ1n) is 9.05. The summed E-state index contributed by atoms with van der Waals surface area (Å²) in [4.78, 5) is 25.0. The first-order valence-corrected chi connectivity index (χ1v) is 9.49. The van der Waals surface area contributed by atoms with E-state index in [4.69, 9.17) is 21.1 Å². The van der Waals surface area contributed by atoms with Crippen LogP contribution in [0.15, 0.2) is 23.3 Å². The highest BCUT2D eigenvalue weighted by atomic mass is 35.5. The van der Waals surface area contributed by atoms with E-state index >= 15 is 0 Å². The first kappa shape index (κ1) is 18.9. The summed E-state index contributed by atoms with van der Waals surface area (Å²) >= 11 is 6.63. The van der Waals surface area contributed by atoms with Crippen LogP contribution >= 0.6 is 11.6 Å². The summed E-state index contributed by atoms with van der Waals surface area (Å²) in [5.74, 6) is -2.10. The maximum absolute atomic E-state index is 12.7. The van der Waals surface area contributed by atoms with Crippen LogP contribution in [-0.4, -0.2) is 63.7 Å². The summed E-state index contributed by atoms with van der Waals surface area (Å²) < 4.78 is 11.0. The van der Waals surface area contributed by atoms with Crippen molar-refractivity contribution in [1.29, 1.82) is 0 Å². The van der Waals surface area contributed by atoms with E-state index in [1.165, 1.54) is 6.08 Å². The Hall–Kier alpha value is -1.41. The maximum atomic E-state index is 12.7. The third-order valence-corrected chi connectivity index (χ3v) is 7.68. The van der Waals surface area contributed by atoms with E-state index in [0.29, 0.717) is 11.1 Å². The summed E-state index contributed by atoms with van der Waals surface area (Å²) in [5.41, 5.74) is -1.16. The Morgan fingerprint density at radius 2 is 1.89 bits per heavy atom. The molecule has 0 bridgehead atoms. The Morgan fingerprint density at radius 1 is 1.22 bits per heavy atom. The maximum Gasteiger partial charge on any atom is 0.331 e. The number of aliphatic hydroxyl groups excluding tert-OH is 3. The molecule has 0 aromatic carbocycles. The average molecular weight is 399 g/mol. The zero-order valence-corrected chi connectivity index (χ0v) is 16.0. The molecule has 0 aromatic heterocycles. The molecule has 1 saturated heterocycles. The van der Waals surface area contributed by atoms with Crippen LogP contribution in [0.2, 0.25) is 0 Å². The van der Waals surface area contributed by atoms with Gasteiger partial charge in [0.15, 0.2) is 0 Å². The van der Waals surface area contributed by atoms with Gasteiger partial charge in [-0.3, -0.25) is 4.79 Å². The largest absolute Gasteiger partial charge is 0.457 e. The van der Waals surface area contributed by atoms with Gasteiger partial charge in [-0.25, -0.2) is 4.79 Å². The Balaban J connectivity index is 1.96. The summed E-state index contributed by atoms with van der Waals surface area (Å²) in [7, 11) is 0. The lowest BCUT2D eigenvalue weighted by Crippen LogP contribution is -2.67. The number of cyclic esters (lactones) is 1. The molecule has 2 aliphatic heterocycles. The number of carbonyl (C=O) groups excluding carboxylic acids is 2. The molecule has 0 amide bonds. The van der Waals surface area contributed by atoms with E-state index in [2.05, 4.69) is 0 Å². The molecule has 8 heteroatoms. The molecule has 7 nitrogen and oxygen atoms in total. The molecule has 148 valence electrons. The number of esters is 2. The molecular formula is C19H23ClO7. The van der Waals surface area contributed by atoms with Crippen molar-refractivity contribution < 1.29 is 34.4 Å². The van der Waals surface area contributed by atoms with Crippen molar-refractivity contribution in [2.24, 2.45) is 22.7 Å². The minimum atomic E-state index is -1.38. The molecule has 2 aliphatic carbocycles. The molecule has 27 heavy (non-hydrogen) atoms. The van der Waals surface area contributed by atoms with Gasteiger partial charge in [0.25, 0.3) is 0 Å². The lowest BCUT2D eigenvalue weighted by Gasteiger charge is -2.57. The molecule has 0 radical (unpaired) electrons. The van der Waals surface area contributed by atoms with Gasteiger partial charge in [-0.1, -0.05) is 13.8 Å². The highest BCUT2D eigenvalue weighted by Crippen LogP contribution is 2.65. The second-order valence-electron chi connectivity index (χ2n) is 8.45. The van der Waals surface area contributed by atoms with Crippen LogP contribution in [-0.2, 0) is 19.1 Å². The molecule has 4 aliphatic rings. The van der Waals surface area contributed by atoms with Crippen molar-refractivity contribution in [2.75, 3.05) is 6.61 Å². The third-order valence-electron chi connectivity index (χ3n) is 6.97. The molecule has 2 heterocycles. The standard InChI is InChI=1S/C19H23ClO7/c1-7(6-21)13-8-4-10-14-18(2,9(8)5-11(22)27-13)15(20)12(23)16(24)19(14,3)17(25)26-10/h4-5,7,10,12-16,21,23-24H,6H2,1-3H3. The molecule has 9 unspecified atom stereocenters. The van der Waals surface area contributed by atoms with Crippen molar-refractivity contribution >= 4 is 23.5 Å². The average Bonchev–Trinajstić information content (AvgIpc) is 2.90. The number of hydrogen-bond acceptors (Lipinski definition) is 7. The highest BCUT2D eigenvalue weighted by molar-refractivity contribution is 6.22. The Kier molecular flexibility index (Phi) is 4.06. The van der Waals surface area contributed by atoms with Crippen LogP contribution in [0.4, 0.5) is 0 Å². The Bertz CT molecular complexity index is 776. The molecule has 0 aromatic rings. The van der Waals surface area contributed by atoms with Gasteiger partial charge in [-0.05, 0) is 24.1 Å². The van der Waals surface area contributed by atoms with Crippen LogP contribution in [0.25, 0.3) is 0 Å². The van der Waals surface area contributed by atoms with E-state index in [1.807, 2.05) is 0 Å². The Morgan fingerprint density at radius 3 is 2.52 bits per heavy atom. The van der Waals surface area contributed by atoms with Gasteiger partial charge in [0, 0.05) is 29.9 Å². The molecular weight excluding hydrogens is 376 g/mol. The van der Waals surface area contributed by atoms with E-state index < -0.39 is 58.5 Å². The minimum absolute atomic E-state index is 0.198. The normalized spacial score (nSPS) is 49.3. The van der Waals surface area contributed by atoms with Gasteiger partial charge in [-0.15, -0.1) is 11.6 Å². The van der Waals surface area contributed by atoms with Crippen LogP contribution < -0.4 is 0 Å². The van der Waals surface area contributed by atoms with Crippen molar-refractivity contribution in [3.8, 4) is 0 Å². The second-order valence-corrected chi connectivity index (χ2v) is 8.92. The zero-order chi connectivity index (χ0) is 19.9. The number of aliphatic hydroxyl groups is 3. The van der Waals surface area contributed by atoms with Gasteiger partial charge < -0.3 is 24.8 Å².